The van der Waals surface area contributed by atoms with Crippen molar-refractivity contribution >= 4 is 16.5 Å². The molecule has 0 radical (unpaired) electrons. The van der Waals surface area contributed by atoms with Gasteiger partial charge in [0.2, 0.25) is 5.88 Å². The SMILES string of the molecule is COCCCCNCc1sc(N(C)C)nc1OC. The Morgan fingerprint density at radius 2 is 2.06 bits per heavy atom. The molecule has 1 aromatic rings. The van der Waals surface area contributed by atoms with Gasteiger partial charge in [0.1, 0.15) is 0 Å². The number of hydrogen-bond donors (Lipinski definition) is 1. The minimum absolute atomic E-state index is 0.730. The quantitative estimate of drug-likeness (QED) is 0.694. The molecule has 0 spiro atoms. The molecule has 18 heavy (non-hydrogen) atoms. The molecule has 0 fully saturated rings. The van der Waals surface area contributed by atoms with Crippen LogP contribution in [0.1, 0.15) is 17.7 Å². The molecular formula is C12H23N3O2S. The molecule has 0 atom stereocenters. The summed E-state index contributed by atoms with van der Waals surface area (Å²) >= 11 is 1.66. The zero-order chi connectivity index (χ0) is 13.4. The number of unbranched alkanes of at least 4 members (excludes halogenated alkanes) is 1. The van der Waals surface area contributed by atoms with E-state index in [1.54, 1.807) is 25.6 Å². The van der Waals surface area contributed by atoms with Gasteiger partial charge < -0.3 is 19.7 Å². The Bertz CT molecular complexity index is 342. The van der Waals surface area contributed by atoms with Crippen LogP contribution < -0.4 is 15.0 Å². The van der Waals surface area contributed by atoms with E-state index in [2.05, 4.69) is 10.3 Å². The average Bonchev–Trinajstić information content (AvgIpc) is 2.77. The van der Waals surface area contributed by atoms with Crippen LogP contribution in [0.25, 0.3) is 0 Å². The third-order valence-corrected chi connectivity index (χ3v) is 3.67. The van der Waals surface area contributed by atoms with Gasteiger partial charge in [-0.05, 0) is 19.4 Å². The predicted octanol–water partition coefficient (Wildman–Crippen LogP) is 1.73. The molecule has 1 N–H and O–H groups in total. The first-order valence-corrected chi connectivity index (χ1v) is 6.91. The molecule has 0 aliphatic rings. The Morgan fingerprint density at radius 1 is 1.28 bits per heavy atom. The number of anilines is 1. The van der Waals surface area contributed by atoms with E-state index in [9.17, 15) is 0 Å². The largest absolute Gasteiger partial charge is 0.480 e. The second-order valence-electron chi connectivity index (χ2n) is 4.20. The third kappa shape index (κ3) is 4.80. The summed E-state index contributed by atoms with van der Waals surface area (Å²) in [5.41, 5.74) is 0. The zero-order valence-corrected chi connectivity index (χ0v) is 12.5. The molecule has 0 aliphatic carbocycles. The lowest BCUT2D eigenvalue weighted by molar-refractivity contribution is 0.192. The first kappa shape index (κ1) is 15.2. The van der Waals surface area contributed by atoms with Gasteiger partial charge in [0, 0.05) is 34.4 Å². The van der Waals surface area contributed by atoms with E-state index in [0.29, 0.717) is 0 Å². The average molecular weight is 273 g/mol. The van der Waals surface area contributed by atoms with E-state index in [-0.39, 0.29) is 0 Å². The van der Waals surface area contributed by atoms with Crippen molar-refractivity contribution in [2.75, 3.05) is 46.4 Å². The van der Waals surface area contributed by atoms with Gasteiger partial charge in [-0.1, -0.05) is 11.3 Å². The summed E-state index contributed by atoms with van der Waals surface area (Å²) in [6.45, 7) is 2.62. The van der Waals surface area contributed by atoms with Crippen LogP contribution in [0.5, 0.6) is 5.88 Å². The molecule has 1 aromatic heterocycles. The summed E-state index contributed by atoms with van der Waals surface area (Å²) in [6.07, 6.45) is 2.21. The van der Waals surface area contributed by atoms with Gasteiger partial charge in [0.05, 0.1) is 12.0 Å². The first-order valence-electron chi connectivity index (χ1n) is 6.09. The van der Waals surface area contributed by atoms with E-state index in [1.807, 2.05) is 19.0 Å². The number of thiazole rings is 1. The van der Waals surface area contributed by atoms with Gasteiger partial charge in [-0.3, -0.25) is 0 Å². The Hall–Kier alpha value is -0.850. The van der Waals surface area contributed by atoms with Crippen molar-refractivity contribution in [3.8, 4) is 5.88 Å². The lowest BCUT2D eigenvalue weighted by Gasteiger charge is -2.05. The van der Waals surface area contributed by atoms with Gasteiger partial charge in [0.15, 0.2) is 5.13 Å². The van der Waals surface area contributed by atoms with E-state index in [4.69, 9.17) is 9.47 Å². The molecule has 1 rings (SSSR count). The number of nitrogens with zero attached hydrogens (tertiary/aromatic N) is 2. The standard InChI is InChI=1S/C12H23N3O2S/c1-15(2)12-14-11(17-4)10(18-12)9-13-7-5-6-8-16-3/h13H,5-9H2,1-4H3. The molecule has 0 aromatic carbocycles. The highest BCUT2D eigenvalue weighted by Crippen LogP contribution is 2.30. The van der Waals surface area contributed by atoms with Crippen LogP contribution in [-0.4, -0.2) is 46.5 Å². The van der Waals surface area contributed by atoms with Crippen molar-refractivity contribution in [3.05, 3.63) is 4.88 Å². The van der Waals surface area contributed by atoms with E-state index < -0.39 is 0 Å². The lowest BCUT2D eigenvalue weighted by atomic mass is 10.3. The Morgan fingerprint density at radius 3 is 2.67 bits per heavy atom. The van der Waals surface area contributed by atoms with Gasteiger partial charge in [-0.15, -0.1) is 0 Å². The molecule has 104 valence electrons. The minimum Gasteiger partial charge on any atom is -0.480 e. The van der Waals surface area contributed by atoms with Crippen molar-refractivity contribution in [2.24, 2.45) is 0 Å². The fraction of sp³-hybridized carbons (Fsp3) is 0.750. The molecule has 0 unspecified atom stereocenters. The highest BCUT2D eigenvalue weighted by Gasteiger charge is 2.12. The Labute approximate surface area is 113 Å². The molecule has 0 aliphatic heterocycles. The van der Waals surface area contributed by atoms with Crippen molar-refractivity contribution in [1.82, 2.24) is 10.3 Å². The van der Waals surface area contributed by atoms with Crippen molar-refractivity contribution in [2.45, 2.75) is 19.4 Å². The highest BCUT2D eigenvalue weighted by atomic mass is 32.1. The molecule has 0 saturated heterocycles. The summed E-state index contributed by atoms with van der Waals surface area (Å²) < 4.78 is 10.3. The maximum Gasteiger partial charge on any atom is 0.230 e. The Balaban J connectivity index is 2.36. The zero-order valence-electron chi connectivity index (χ0n) is 11.7. The van der Waals surface area contributed by atoms with E-state index in [0.717, 1.165) is 48.4 Å². The third-order valence-electron chi connectivity index (χ3n) is 2.46. The topological polar surface area (TPSA) is 46.6 Å². The number of hydrogen-bond acceptors (Lipinski definition) is 6. The molecular weight excluding hydrogens is 250 g/mol. The van der Waals surface area contributed by atoms with Crippen molar-refractivity contribution < 1.29 is 9.47 Å². The van der Waals surface area contributed by atoms with Gasteiger partial charge in [-0.2, -0.15) is 4.98 Å². The normalized spacial score (nSPS) is 10.7. The molecule has 6 heteroatoms. The van der Waals surface area contributed by atoms with Crippen LogP contribution in [0.4, 0.5) is 5.13 Å². The number of methoxy groups -OCH3 is 2. The second kappa shape index (κ2) is 8.29. The molecule has 5 nitrogen and oxygen atoms in total. The second-order valence-corrected chi connectivity index (χ2v) is 5.26. The van der Waals surface area contributed by atoms with Crippen LogP contribution in [0, 0.1) is 0 Å². The number of nitrogens with one attached hydrogen (secondary N) is 1. The maximum absolute atomic E-state index is 5.28. The molecule has 1 heterocycles. The van der Waals surface area contributed by atoms with Gasteiger partial charge >= 0.3 is 0 Å². The van der Waals surface area contributed by atoms with Gasteiger partial charge in [0.25, 0.3) is 0 Å². The maximum atomic E-state index is 5.28. The number of ether oxygens (including phenoxy) is 2. The van der Waals surface area contributed by atoms with Crippen LogP contribution in [0.2, 0.25) is 0 Å². The van der Waals surface area contributed by atoms with Crippen molar-refractivity contribution in [1.29, 1.82) is 0 Å². The minimum atomic E-state index is 0.730. The van der Waals surface area contributed by atoms with E-state index >= 15 is 0 Å². The number of aromatic nitrogens is 1. The molecule has 0 saturated carbocycles. The summed E-state index contributed by atoms with van der Waals surface area (Å²) in [7, 11) is 7.37. The molecule has 0 amide bonds. The fourth-order valence-electron chi connectivity index (χ4n) is 1.49. The van der Waals surface area contributed by atoms with Crippen LogP contribution in [0.3, 0.4) is 0 Å². The van der Waals surface area contributed by atoms with Gasteiger partial charge in [-0.25, -0.2) is 0 Å². The summed E-state index contributed by atoms with van der Waals surface area (Å²) in [6, 6.07) is 0. The number of rotatable bonds is 9. The highest BCUT2D eigenvalue weighted by molar-refractivity contribution is 7.15. The summed E-state index contributed by atoms with van der Waals surface area (Å²) in [4.78, 5) is 7.56. The monoisotopic (exact) mass is 273 g/mol. The fourth-order valence-corrected chi connectivity index (χ4v) is 2.41. The first-order chi connectivity index (χ1) is 8.69. The van der Waals surface area contributed by atoms with Crippen LogP contribution in [0.15, 0.2) is 0 Å². The smallest absolute Gasteiger partial charge is 0.230 e. The Kier molecular flexibility index (Phi) is 7.00. The van der Waals surface area contributed by atoms with Crippen molar-refractivity contribution in [3.63, 3.8) is 0 Å². The van der Waals surface area contributed by atoms with Crippen LogP contribution >= 0.6 is 11.3 Å². The van der Waals surface area contributed by atoms with E-state index in [1.165, 1.54) is 0 Å². The van der Waals surface area contributed by atoms with Crippen LogP contribution in [-0.2, 0) is 11.3 Å². The summed E-state index contributed by atoms with van der Waals surface area (Å²) in [5.74, 6) is 0.730. The predicted molar refractivity (Wildman–Crippen MR) is 75.8 cm³/mol. The summed E-state index contributed by atoms with van der Waals surface area (Å²) in [5, 5.41) is 4.38. The molecule has 0 bridgehead atoms. The lowest BCUT2D eigenvalue weighted by Crippen LogP contribution is -2.14.